The summed E-state index contributed by atoms with van der Waals surface area (Å²) in [4.78, 5) is 12.8. The zero-order valence-corrected chi connectivity index (χ0v) is 33.6. The first-order valence-electron chi connectivity index (χ1n) is 20.6. The number of allylic oxidation sites excluding steroid dienone is 4. The van der Waals surface area contributed by atoms with E-state index in [2.05, 4.69) is 42.3 Å². The molecule has 13 heteroatoms. The minimum Gasteiger partial charge on any atom is -0.457 e. The molecular weight excluding hydrogens is 704 g/mol. The largest absolute Gasteiger partial charge is 0.457 e. The Hall–Kier alpha value is -1.42. The summed E-state index contributed by atoms with van der Waals surface area (Å²) in [7, 11) is -5.06. The van der Waals surface area contributed by atoms with Crippen LogP contribution in [0.4, 0.5) is 0 Å². The summed E-state index contributed by atoms with van der Waals surface area (Å²) in [5, 5.41) is 30.5. The topological polar surface area (TPSA) is 178 Å². The minimum absolute atomic E-state index is 0.0317. The number of aliphatic hydroxyl groups is 3. The van der Waals surface area contributed by atoms with Crippen LogP contribution in [0.3, 0.4) is 0 Å². The van der Waals surface area contributed by atoms with Crippen LogP contribution in [0, 0.1) is 0 Å². The van der Waals surface area contributed by atoms with Crippen LogP contribution in [0.25, 0.3) is 0 Å². The van der Waals surface area contributed by atoms with E-state index in [1.807, 2.05) is 0 Å². The van der Waals surface area contributed by atoms with Crippen LogP contribution in [0.5, 0.6) is 0 Å². The lowest BCUT2D eigenvalue weighted by atomic mass is 9.99. The van der Waals surface area contributed by atoms with Gasteiger partial charge in [-0.05, 0) is 38.5 Å². The van der Waals surface area contributed by atoms with Gasteiger partial charge in [0.2, 0.25) is 0 Å². The number of ether oxygens (including phenoxy) is 4. The summed E-state index contributed by atoms with van der Waals surface area (Å²) in [6, 6.07) is 0. The first-order valence-corrected chi connectivity index (χ1v) is 22.0. The lowest BCUT2D eigenvalue weighted by Gasteiger charge is -2.41. The summed E-state index contributed by atoms with van der Waals surface area (Å²) in [5.41, 5.74) is 0. The second kappa shape index (κ2) is 32.8. The second-order valence-electron chi connectivity index (χ2n) is 14.2. The van der Waals surface area contributed by atoms with Crippen LogP contribution in [-0.4, -0.2) is 97.5 Å². The third kappa shape index (κ3) is 26.9. The molecule has 0 aromatic carbocycles. The SMILES string of the molecule is CCCC/C=C\C/C=C\CCCCCCCCOCC(COC1OC(CO)C(O)C(OS(=O)(=O)O)C1O)OC(=O)CCCCCCCCCCCCC. The molecule has 1 aliphatic rings. The van der Waals surface area contributed by atoms with E-state index >= 15 is 0 Å². The molecule has 0 aliphatic carbocycles. The molecule has 0 radical (unpaired) electrons. The van der Waals surface area contributed by atoms with E-state index < -0.39 is 59.8 Å². The number of carbonyl (C=O) groups is 1. The molecule has 0 amide bonds. The maximum atomic E-state index is 12.8. The molecular formula is C40H74O12S. The monoisotopic (exact) mass is 778 g/mol. The maximum Gasteiger partial charge on any atom is 0.397 e. The van der Waals surface area contributed by atoms with E-state index in [0.29, 0.717) is 13.0 Å². The molecule has 1 aliphatic heterocycles. The summed E-state index contributed by atoms with van der Waals surface area (Å²) >= 11 is 0. The maximum absolute atomic E-state index is 12.8. The van der Waals surface area contributed by atoms with E-state index in [0.717, 1.165) is 64.2 Å². The number of aliphatic hydroxyl groups excluding tert-OH is 3. The van der Waals surface area contributed by atoms with E-state index in [9.17, 15) is 28.5 Å². The molecule has 12 nitrogen and oxygen atoms in total. The van der Waals surface area contributed by atoms with Gasteiger partial charge in [0.1, 0.15) is 30.5 Å². The van der Waals surface area contributed by atoms with Crippen molar-refractivity contribution in [3.05, 3.63) is 24.3 Å². The van der Waals surface area contributed by atoms with Crippen LogP contribution in [0.15, 0.2) is 24.3 Å². The highest BCUT2D eigenvalue weighted by Gasteiger charge is 2.48. The highest BCUT2D eigenvalue weighted by molar-refractivity contribution is 7.80. The van der Waals surface area contributed by atoms with Gasteiger partial charge in [0.05, 0.1) is 19.8 Å². The molecule has 1 heterocycles. The van der Waals surface area contributed by atoms with Crippen LogP contribution < -0.4 is 0 Å². The molecule has 0 aromatic rings. The first-order chi connectivity index (χ1) is 25.6. The second-order valence-corrected chi connectivity index (χ2v) is 15.3. The van der Waals surface area contributed by atoms with Crippen molar-refractivity contribution in [3.8, 4) is 0 Å². The van der Waals surface area contributed by atoms with Crippen LogP contribution in [-0.2, 0) is 38.3 Å². The van der Waals surface area contributed by atoms with E-state index in [-0.39, 0.29) is 19.6 Å². The molecule has 1 fully saturated rings. The van der Waals surface area contributed by atoms with Crippen molar-refractivity contribution in [2.75, 3.05) is 26.4 Å². The van der Waals surface area contributed by atoms with E-state index in [4.69, 9.17) is 23.5 Å². The third-order valence-electron chi connectivity index (χ3n) is 9.33. The Bertz CT molecular complexity index is 1040. The molecule has 6 atom stereocenters. The lowest BCUT2D eigenvalue weighted by molar-refractivity contribution is -0.301. The van der Waals surface area contributed by atoms with Gasteiger partial charge < -0.3 is 34.3 Å². The van der Waals surface area contributed by atoms with Crippen molar-refractivity contribution < 1.29 is 56.2 Å². The Balaban J connectivity index is 2.48. The summed E-state index contributed by atoms with van der Waals surface area (Å²) in [5.74, 6) is -0.405. The average Bonchev–Trinajstić information content (AvgIpc) is 3.12. The Labute approximate surface area is 321 Å². The third-order valence-corrected chi connectivity index (χ3v) is 9.79. The molecule has 1 saturated heterocycles. The van der Waals surface area contributed by atoms with Gasteiger partial charge in [-0.1, -0.05) is 141 Å². The van der Waals surface area contributed by atoms with Crippen LogP contribution >= 0.6 is 0 Å². The quantitative estimate of drug-likeness (QED) is 0.0214. The fourth-order valence-corrected chi connectivity index (χ4v) is 6.67. The molecule has 0 saturated carbocycles. The summed E-state index contributed by atoms with van der Waals surface area (Å²) < 4.78 is 58.8. The van der Waals surface area contributed by atoms with E-state index in [1.165, 1.54) is 70.6 Å². The van der Waals surface area contributed by atoms with Gasteiger partial charge in [-0.2, -0.15) is 8.42 Å². The van der Waals surface area contributed by atoms with Crippen molar-refractivity contribution >= 4 is 16.4 Å². The van der Waals surface area contributed by atoms with Crippen LogP contribution in [0.2, 0.25) is 0 Å². The van der Waals surface area contributed by atoms with Crippen molar-refractivity contribution in [2.45, 2.75) is 198 Å². The predicted octanol–water partition coefficient (Wildman–Crippen LogP) is 7.68. The van der Waals surface area contributed by atoms with Gasteiger partial charge in [-0.25, -0.2) is 4.18 Å². The number of unbranched alkanes of at least 4 members (excludes halogenated alkanes) is 18. The lowest BCUT2D eigenvalue weighted by Crippen LogP contribution is -2.60. The smallest absolute Gasteiger partial charge is 0.397 e. The molecule has 1 rings (SSSR count). The normalized spacial score (nSPS) is 21.5. The van der Waals surface area contributed by atoms with Gasteiger partial charge in [0.25, 0.3) is 0 Å². The average molecular weight is 779 g/mol. The minimum atomic E-state index is -5.06. The molecule has 0 spiro atoms. The highest BCUT2D eigenvalue weighted by Crippen LogP contribution is 2.26. The van der Waals surface area contributed by atoms with Crippen molar-refractivity contribution in [3.63, 3.8) is 0 Å². The predicted molar refractivity (Wildman–Crippen MR) is 207 cm³/mol. The standard InChI is InChI=1S/C40H74O12S/c1-3-5-7-9-11-13-15-16-17-18-20-22-24-26-28-30-48-32-34(50-36(42)29-27-25-23-21-19-14-12-10-8-6-4-2)33-49-40-38(44)39(52-53(45,46)47)37(43)35(31-41)51-40/h9,11,15-16,34-35,37-41,43-44H,3-8,10,12-14,17-33H2,1-2H3,(H,45,46,47)/b11-9-,16-15-. The molecule has 53 heavy (non-hydrogen) atoms. The van der Waals surface area contributed by atoms with Gasteiger partial charge in [-0.3, -0.25) is 9.35 Å². The van der Waals surface area contributed by atoms with Gasteiger partial charge in [-0.15, -0.1) is 0 Å². The van der Waals surface area contributed by atoms with Crippen molar-refractivity contribution in [2.24, 2.45) is 0 Å². The number of carbonyl (C=O) groups excluding carboxylic acids is 1. The molecule has 6 unspecified atom stereocenters. The van der Waals surface area contributed by atoms with Gasteiger partial charge >= 0.3 is 16.4 Å². The number of esters is 1. The molecule has 0 bridgehead atoms. The Kier molecular flexibility index (Phi) is 30.7. The van der Waals surface area contributed by atoms with Crippen molar-refractivity contribution in [1.82, 2.24) is 0 Å². The summed E-state index contributed by atoms with van der Waals surface area (Å²) in [6.45, 7) is 3.91. The van der Waals surface area contributed by atoms with Crippen LogP contribution in [0.1, 0.15) is 162 Å². The van der Waals surface area contributed by atoms with Crippen molar-refractivity contribution in [1.29, 1.82) is 0 Å². The first kappa shape index (κ1) is 49.6. The highest BCUT2D eigenvalue weighted by atomic mass is 32.3. The zero-order chi connectivity index (χ0) is 39.0. The van der Waals surface area contributed by atoms with E-state index in [1.54, 1.807) is 0 Å². The Morgan fingerprint density at radius 2 is 1.26 bits per heavy atom. The molecule has 312 valence electrons. The Morgan fingerprint density at radius 3 is 1.85 bits per heavy atom. The fraction of sp³-hybridized carbons (Fsp3) is 0.875. The molecule has 0 aromatic heterocycles. The zero-order valence-electron chi connectivity index (χ0n) is 32.8. The van der Waals surface area contributed by atoms with Gasteiger partial charge in [0.15, 0.2) is 6.29 Å². The summed E-state index contributed by atoms with van der Waals surface area (Å²) in [6.07, 6.45) is 25.0. The number of hydrogen-bond acceptors (Lipinski definition) is 11. The van der Waals surface area contributed by atoms with Gasteiger partial charge in [0, 0.05) is 13.0 Å². The fourth-order valence-electron chi connectivity index (χ4n) is 6.16. The Morgan fingerprint density at radius 1 is 0.717 bits per heavy atom. The number of hydrogen-bond donors (Lipinski definition) is 4. The molecule has 4 N–H and O–H groups in total. The number of rotatable bonds is 35.